The number of nitrogens with one attached hydrogen (secondary N) is 2. The van der Waals surface area contributed by atoms with Crippen molar-refractivity contribution in [3.8, 4) is 0 Å². The van der Waals surface area contributed by atoms with Crippen LogP contribution in [0.3, 0.4) is 0 Å². The van der Waals surface area contributed by atoms with Crippen LogP contribution in [-0.2, 0) is 22.4 Å². The second-order valence-electron chi connectivity index (χ2n) is 8.10. The lowest BCUT2D eigenvalue weighted by Crippen LogP contribution is -2.39. The Bertz CT molecular complexity index is 885. The molecule has 0 fully saturated rings. The van der Waals surface area contributed by atoms with Crippen molar-refractivity contribution < 1.29 is 28.2 Å². The predicted octanol–water partition coefficient (Wildman–Crippen LogP) is 2.70. The molecule has 3 rings (SSSR count). The van der Waals surface area contributed by atoms with E-state index in [0.717, 1.165) is 0 Å². The quantitative estimate of drug-likeness (QED) is 0.691. The number of aliphatic hydroxyl groups is 1. The molecule has 0 bridgehead atoms. The first-order valence-corrected chi connectivity index (χ1v) is 9.03. The van der Waals surface area contributed by atoms with Crippen LogP contribution in [0, 0.1) is 17.6 Å². The molecule has 1 amide bonds. The number of imidazole rings is 1. The van der Waals surface area contributed by atoms with Gasteiger partial charge in [-0.05, 0) is 51.7 Å². The molecule has 3 atom stereocenters. The van der Waals surface area contributed by atoms with E-state index in [4.69, 9.17) is 4.74 Å². The van der Waals surface area contributed by atoms with Crippen LogP contribution in [0.4, 0.5) is 13.6 Å². The highest BCUT2D eigenvalue weighted by Gasteiger charge is 2.33. The summed E-state index contributed by atoms with van der Waals surface area (Å²) in [6, 6.07) is -1.06. The van der Waals surface area contributed by atoms with Gasteiger partial charge in [-0.15, -0.1) is 0 Å². The van der Waals surface area contributed by atoms with Gasteiger partial charge in [0, 0.05) is 5.92 Å². The minimum absolute atomic E-state index is 0.00395. The average Bonchev–Trinajstić information content (AvgIpc) is 3.20. The highest BCUT2D eigenvalue weighted by atomic mass is 19.1. The monoisotopic (exact) mass is 395 g/mol. The zero-order valence-corrected chi connectivity index (χ0v) is 16.1. The molecule has 0 aliphatic heterocycles. The number of aromatic amines is 1. The number of carbonyl (C=O) groups is 2. The minimum atomic E-state index is -1.11. The van der Waals surface area contributed by atoms with Crippen LogP contribution in [0.25, 0.3) is 11.0 Å². The molecule has 1 aliphatic rings. The number of aromatic nitrogens is 2. The van der Waals surface area contributed by atoms with Crippen LogP contribution in [0.2, 0.25) is 0 Å². The molecule has 7 nitrogen and oxygen atoms in total. The molecule has 1 aromatic heterocycles. The standard InChI is InChI=1S/C19H23F2N3O4/c1-8(26)14(24-18(27)28-19(2,3)4)17-22-15-12(20)10-5-9(7-25)6-11(10)13(21)16(15)23-17/h7-9,14,26H,5-6H2,1-4H3,(H,22,23)(H,24,27)/t8-,14+/m0/s1. The van der Waals surface area contributed by atoms with E-state index in [1.807, 2.05) is 0 Å². The van der Waals surface area contributed by atoms with Gasteiger partial charge in [-0.1, -0.05) is 0 Å². The van der Waals surface area contributed by atoms with Crippen molar-refractivity contribution in [2.75, 3.05) is 0 Å². The maximum atomic E-state index is 14.9. The summed E-state index contributed by atoms with van der Waals surface area (Å²) in [5.74, 6) is -1.82. The molecule has 3 N–H and O–H groups in total. The molecule has 0 radical (unpaired) electrons. The minimum Gasteiger partial charge on any atom is -0.444 e. The van der Waals surface area contributed by atoms with Gasteiger partial charge in [0.15, 0.2) is 11.6 Å². The highest BCUT2D eigenvalue weighted by Crippen LogP contribution is 2.35. The van der Waals surface area contributed by atoms with Crippen molar-refractivity contribution in [1.82, 2.24) is 15.3 Å². The van der Waals surface area contributed by atoms with Crippen molar-refractivity contribution in [3.63, 3.8) is 0 Å². The van der Waals surface area contributed by atoms with Gasteiger partial charge in [-0.2, -0.15) is 0 Å². The molecule has 0 spiro atoms. The Morgan fingerprint density at radius 3 is 2.46 bits per heavy atom. The van der Waals surface area contributed by atoms with E-state index in [9.17, 15) is 23.5 Å². The summed E-state index contributed by atoms with van der Waals surface area (Å²) in [7, 11) is 0. The Kier molecular flexibility index (Phi) is 5.14. The number of amides is 1. The summed E-state index contributed by atoms with van der Waals surface area (Å²) in [5.41, 5.74) is -0.835. The summed E-state index contributed by atoms with van der Waals surface area (Å²) < 4.78 is 34.9. The predicted molar refractivity (Wildman–Crippen MR) is 96.8 cm³/mol. The molecular formula is C19H23F2N3O4. The lowest BCUT2D eigenvalue weighted by molar-refractivity contribution is -0.110. The van der Waals surface area contributed by atoms with Crippen LogP contribution in [0.15, 0.2) is 0 Å². The molecule has 9 heteroatoms. The highest BCUT2D eigenvalue weighted by molar-refractivity contribution is 5.80. The SMILES string of the molecule is C[C@H](O)[C@@H](NC(=O)OC(C)(C)C)c1nc2c(F)c3c(c(F)c2[nH]1)CC(C=O)C3. The van der Waals surface area contributed by atoms with Crippen LogP contribution >= 0.6 is 0 Å². The Hall–Kier alpha value is -2.55. The number of aldehydes is 1. The largest absolute Gasteiger partial charge is 0.444 e. The zero-order chi connectivity index (χ0) is 20.8. The van der Waals surface area contributed by atoms with Gasteiger partial charge in [0.25, 0.3) is 0 Å². The summed E-state index contributed by atoms with van der Waals surface area (Å²) in [6.45, 7) is 6.47. The Morgan fingerprint density at radius 2 is 1.93 bits per heavy atom. The van der Waals surface area contributed by atoms with Crippen LogP contribution in [-0.4, -0.2) is 39.2 Å². The molecule has 1 heterocycles. The Morgan fingerprint density at radius 1 is 1.32 bits per heavy atom. The molecule has 0 saturated carbocycles. The van der Waals surface area contributed by atoms with Crippen molar-refractivity contribution in [2.24, 2.45) is 5.92 Å². The number of aliphatic hydroxyl groups excluding tert-OH is 1. The number of H-pyrrole nitrogens is 1. The van der Waals surface area contributed by atoms with E-state index in [2.05, 4.69) is 15.3 Å². The number of carbonyl (C=O) groups excluding carboxylic acids is 2. The molecule has 1 unspecified atom stereocenters. The van der Waals surface area contributed by atoms with Crippen molar-refractivity contribution in [1.29, 1.82) is 0 Å². The first kappa shape index (κ1) is 20.2. The van der Waals surface area contributed by atoms with E-state index in [1.54, 1.807) is 20.8 Å². The number of hydrogen-bond acceptors (Lipinski definition) is 5. The molecular weight excluding hydrogens is 372 g/mol. The average molecular weight is 395 g/mol. The number of alkyl carbamates (subject to hydrolysis) is 1. The normalized spacial score (nSPS) is 16.7. The zero-order valence-electron chi connectivity index (χ0n) is 16.1. The Balaban J connectivity index is 1.99. The lowest BCUT2D eigenvalue weighted by Gasteiger charge is -2.24. The Labute approximate surface area is 160 Å². The first-order chi connectivity index (χ1) is 13.0. The van der Waals surface area contributed by atoms with E-state index < -0.39 is 41.4 Å². The number of benzene rings is 1. The van der Waals surface area contributed by atoms with Gasteiger partial charge in [-0.25, -0.2) is 18.6 Å². The van der Waals surface area contributed by atoms with E-state index in [-0.39, 0.29) is 40.8 Å². The second-order valence-corrected chi connectivity index (χ2v) is 8.10. The molecule has 1 aromatic carbocycles. The van der Waals surface area contributed by atoms with Crippen LogP contribution in [0.5, 0.6) is 0 Å². The molecule has 152 valence electrons. The summed E-state index contributed by atoms with van der Waals surface area (Å²) in [4.78, 5) is 29.8. The number of fused-ring (bicyclic) bond motifs is 2. The van der Waals surface area contributed by atoms with Gasteiger partial charge in [0.1, 0.15) is 34.8 Å². The third-order valence-corrected chi connectivity index (χ3v) is 4.62. The number of halogens is 2. The molecule has 1 aliphatic carbocycles. The van der Waals surface area contributed by atoms with Crippen molar-refractivity contribution >= 4 is 23.4 Å². The van der Waals surface area contributed by atoms with Crippen molar-refractivity contribution in [2.45, 2.75) is 58.3 Å². The van der Waals surface area contributed by atoms with E-state index in [0.29, 0.717) is 6.29 Å². The fourth-order valence-corrected chi connectivity index (χ4v) is 3.39. The number of nitrogens with zero attached hydrogens (tertiary/aromatic N) is 1. The summed E-state index contributed by atoms with van der Waals surface area (Å²) >= 11 is 0. The molecule has 28 heavy (non-hydrogen) atoms. The maximum absolute atomic E-state index is 14.9. The van der Waals surface area contributed by atoms with Crippen molar-refractivity contribution in [3.05, 3.63) is 28.6 Å². The molecule has 2 aromatic rings. The van der Waals surface area contributed by atoms with Gasteiger partial charge >= 0.3 is 6.09 Å². The topological polar surface area (TPSA) is 104 Å². The summed E-state index contributed by atoms with van der Waals surface area (Å²) in [6.07, 6.45) is -0.959. The van der Waals surface area contributed by atoms with Gasteiger partial charge in [0.05, 0.1) is 6.10 Å². The van der Waals surface area contributed by atoms with Gasteiger partial charge in [0.2, 0.25) is 0 Å². The third-order valence-electron chi connectivity index (χ3n) is 4.62. The van der Waals surface area contributed by atoms with E-state index >= 15 is 0 Å². The number of ether oxygens (including phenoxy) is 1. The fourth-order valence-electron chi connectivity index (χ4n) is 3.39. The third kappa shape index (κ3) is 3.71. The summed E-state index contributed by atoms with van der Waals surface area (Å²) in [5, 5.41) is 12.5. The smallest absolute Gasteiger partial charge is 0.408 e. The lowest BCUT2D eigenvalue weighted by atomic mass is 10.1. The second kappa shape index (κ2) is 7.12. The fraction of sp³-hybridized carbons (Fsp3) is 0.526. The van der Waals surface area contributed by atoms with Crippen LogP contribution in [0.1, 0.15) is 50.7 Å². The first-order valence-electron chi connectivity index (χ1n) is 9.03. The number of hydrogen-bond donors (Lipinski definition) is 3. The molecule has 0 saturated heterocycles. The van der Waals surface area contributed by atoms with Crippen LogP contribution < -0.4 is 5.32 Å². The number of rotatable bonds is 4. The van der Waals surface area contributed by atoms with Gasteiger partial charge < -0.3 is 24.9 Å². The van der Waals surface area contributed by atoms with Gasteiger partial charge in [-0.3, -0.25) is 0 Å². The maximum Gasteiger partial charge on any atom is 0.408 e. The van der Waals surface area contributed by atoms with E-state index in [1.165, 1.54) is 6.92 Å².